The summed E-state index contributed by atoms with van der Waals surface area (Å²) >= 11 is 0. The van der Waals surface area contributed by atoms with Gasteiger partial charge in [-0.2, -0.15) is 0 Å². The van der Waals surface area contributed by atoms with Crippen molar-refractivity contribution in [1.29, 1.82) is 0 Å². The van der Waals surface area contributed by atoms with E-state index in [2.05, 4.69) is 10.6 Å². The zero-order valence-corrected chi connectivity index (χ0v) is 10.4. The number of amides is 1. The van der Waals surface area contributed by atoms with Crippen molar-refractivity contribution >= 4 is 17.3 Å². The number of anilines is 1. The number of non-ortho nitro benzene ring substituents is 1. The summed E-state index contributed by atoms with van der Waals surface area (Å²) in [5, 5.41) is 16.2. The Morgan fingerprint density at radius 2 is 2.21 bits per heavy atom. The molecule has 1 amide bonds. The van der Waals surface area contributed by atoms with E-state index < -0.39 is 10.7 Å². The lowest BCUT2D eigenvalue weighted by Gasteiger charge is -2.31. The molecule has 1 unspecified atom stereocenters. The predicted molar refractivity (Wildman–Crippen MR) is 67.2 cm³/mol. The van der Waals surface area contributed by atoms with Crippen LogP contribution in [0.4, 0.5) is 15.8 Å². The fraction of sp³-hybridized carbons (Fsp3) is 0.417. The third-order valence-electron chi connectivity index (χ3n) is 3.29. The van der Waals surface area contributed by atoms with Crippen LogP contribution in [0.15, 0.2) is 18.2 Å². The number of nitrogens with zero attached hydrogens (tertiary/aromatic N) is 1. The highest BCUT2D eigenvalue weighted by molar-refractivity contribution is 5.92. The van der Waals surface area contributed by atoms with Crippen LogP contribution < -0.4 is 10.6 Å². The minimum Gasteiger partial charge on any atom is -0.325 e. The summed E-state index contributed by atoms with van der Waals surface area (Å²) in [7, 11) is 0. The second-order valence-corrected chi connectivity index (χ2v) is 4.65. The fourth-order valence-electron chi connectivity index (χ4n) is 1.89. The molecule has 0 radical (unpaired) electrons. The molecule has 19 heavy (non-hydrogen) atoms. The average Bonchev–Trinajstić information content (AvgIpc) is 2.25. The number of hydrogen-bond acceptors (Lipinski definition) is 4. The molecule has 0 saturated carbocycles. The highest BCUT2D eigenvalue weighted by atomic mass is 19.1. The van der Waals surface area contributed by atoms with E-state index in [1.54, 1.807) is 6.92 Å². The van der Waals surface area contributed by atoms with E-state index in [0.29, 0.717) is 0 Å². The zero-order chi connectivity index (χ0) is 14.0. The molecular formula is C12H14FN3O3. The summed E-state index contributed by atoms with van der Waals surface area (Å²) in [4.78, 5) is 21.8. The lowest BCUT2D eigenvalue weighted by atomic mass is 9.88. The summed E-state index contributed by atoms with van der Waals surface area (Å²) in [5.41, 5.74) is -0.274. The monoisotopic (exact) mass is 267 g/mol. The van der Waals surface area contributed by atoms with E-state index in [9.17, 15) is 19.3 Å². The first kappa shape index (κ1) is 13.4. The molecule has 1 fully saturated rings. The van der Waals surface area contributed by atoms with Gasteiger partial charge < -0.3 is 10.6 Å². The molecule has 6 nitrogen and oxygen atoms in total. The molecule has 0 aromatic heterocycles. The van der Waals surface area contributed by atoms with E-state index in [1.807, 2.05) is 0 Å². The number of rotatable bonds is 4. The van der Waals surface area contributed by atoms with Gasteiger partial charge in [0.2, 0.25) is 5.91 Å². The average molecular weight is 267 g/mol. The van der Waals surface area contributed by atoms with Crippen molar-refractivity contribution in [3.63, 3.8) is 0 Å². The normalized spacial score (nSPS) is 16.5. The number of carbonyl (C=O) groups excluding carboxylic acids is 1. The van der Waals surface area contributed by atoms with Gasteiger partial charge in [-0.3, -0.25) is 14.9 Å². The van der Waals surface area contributed by atoms with Gasteiger partial charge >= 0.3 is 0 Å². The van der Waals surface area contributed by atoms with Crippen molar-refractivity contribution in [1.82, 2.24) is 5.32 Å². The summed E-state index contributed by atoms with van der Waals surface area (Å²) in [6.07, 6.45) is 0. The highest BCUT2D eigenvalue weighted by Crippen LogP contribution is 2.22. The Morgan fingerprint density at radius 1 is 1.53 bits per heavy atom. The van der Waals surface area contributed by atoms with Gasteiger partial charge in [0.05, 0.1) is 16.7 Å². The number of nitrogens with one attached hydrogen (secondary N) is 2. The Bertz CT molecular complexity index is 517. The molecular weight excluding hydrogens is 253 g/mol. The predicted octanol–water partition coefficient (Wildman–Crippen LogP) is 1.53. The molecule has 2 rings (SSSR count). The smallest absolute Gasteiger partial charge is 0.274 e. The van der Waals surface area contributed by atoms with Crippen LogP contribution in [0.2, 0.25) is 0 Å². The van der Waals surface area contributed by atoms with Gasteiger partial charge in [0, 0.05) is 12.0 Å². The van der Waals surface area contributed by atoms with Gasteiger partial charge in [-0.15, -0.1) is 0 Å². The first-order chi connectivity index (χ1) is 8.97. The highest BCUT2D eigenvalue weighted by Gasteiger charge is 2.28. The van der Waals surface area contributed by atoms with Crippen LogP contribution in [0, 0.1) is 27.8 Å². The topological polar surface area (TPSA) is 84.3 Å². The van der Waals surface area contributed by atoms with Gasteiger partial charge in [-0.1, -0.05) is 6.92 Å². The lowest BCUT2D eigenvalue weighted by molar-refractivity contribution is -0.385. The van der Waals surface area contributed by atoms with Crippen LogP contribution in [0.1, 0.15) is 6.92 Å². The molecule has 1 aliphatic rings. The van der Waals surface area contributed by atoms with Crippen molar-refractivity contribution in [3.8, 4) is 0 Å². The second-order valence-electron chi connectivity index (χ2n) is 4.65. The molecule has 2 N–H and O–H groups in total. The minimum atomic E-state index is -0.748. The number of halogens is 1. The van der Waals surface area contributed by atoms with E-state index in [4.69, 9.17) is 0 Å². The van der Waals surface area contributed by atoms with Crippen molar-refractivity contribution in [3.05, 3.63) is 34.1 Å². The molecule has 1 aliphatic heterocycles. The largest absolute Gasteiger partial charge is 0.325 e. The van der Waals surface area contributed by atoms with Crippen molar-refractivity contribution in [2.24, 2.45) is 11.8 Å². The molecule has 1 saturated heterocycles. The van der Waals surface area contributed by atoms with Crippen LogP contribution in [0.5, 0.6) is 0 Å². The van der Waals surface area contributed by atoms with Crippen LogP contribution >= 0.6 is 0 Å². The Balaban J connectivity index is 2.09. The summed E-state index contributed by atoms with van der Waals surface area (Å²) in [5.74, 6) is -0.971. The van der Waals surface area contributed by atoms with E-state index in [-0.39, 0.29) is 29.1 Å². The summed E-state index contributed by atoms with van der Waals surface area (Å²) in [6, 6.07) is 3.03. The Labute approximate surface area is 109 Å². The van der Waals surface area contributed by atoms with Gasteiger partial charge in [0.1, 0.15) is 5.82 Å². The molecule has 0 spiro atoms. The number of carbonyl (C=O) groups is 1. The van der Waals surface area contributed by atoms with E-state index in [1.165, 1.54) is 0 Å². The van der Waals surface area contributed by atoms with Gasteiger partial charge in [-0.05, 0) is 25.1 Å². The first-order valence-corrected chi connectivity index (χ1v) is 5.94. The van der Waals surface area contributed by atoms with Crippen LogP contribution in [-0.4, -0.2) is 23.9 Å². The van der Waals surface area contributed by atoms with Crippen molar-refractivity contribution in [2.75, 3.05) is 18.4 Å². The molecule has 7 heteroatoms. The number of nitro benzene ring substituents is 1. The maximum absolute atomic E-state index is 13.2. The van der Waals surface area contributed by atoms with Crippen molar-refractivity contribution < 1.29 is 14.1 Å². The van der Waals surface area contributed by atoms with Gasteiger partial charge in [0.25, 0.3) is 5.69 Å². The quantitative estimate of drug-likeness (QED) is 0.640. The first-order valence-electron chi connectivity index (χ1n) is 5.94. The molecule has 1 aromatic carbocycles. The fourth-order valence-corrected chi connectivity index (χ4v) is 1.89. The van der Waals surface area contributed by atoms with Crippen LogP contribution in [-0.2, 0) is 4.79 Å². The molecule has 1 atom stereocenters. The van der Waals surface area contributed by atoms with E-state index in [0.717, 1.165) is 31.3 Å². The zero-order valence-electron chi connectivity index (χ0n) is 10.4. The van der Waals surface area contributed by atoms with Crippen LogP contribution in [0.3, 0.4) is 0 Å². The Kier molecular flexibility index (Phi) is 3.75. The SMILES string of the molecule is CC(C(=O)Nc1cc(F)cc([N+](=O)[O-])c1)C1CNC1. The summed E-state index contributed by atoms with van der Waals surface area (Å²) in [6.45, 7) is 3.34. The molecule has 102 valence electrons. The number of nitro groups is 1. The third-order valence-corrected chi connectivity index (χ3v) is 3.29. The lowest BCUT2D eigenvalue weighted by Crippen LogP contribution is -2.48. The van der Waals surface area contributed by atoms with E-state index >= 15 is 0 Å². The number of benzene rings is 1. The maximum atomic E-state index is 13.2. The summed E-state index contributed by atoms with van der Waals surface area (Å²) < 4.78 is 13.2. The molecule has 1 aromatic rings. The third kappa shape index (κ3) is 3.05. The standard InChI is InChI=1S/C12H14FN3O3/c1-7(8-5-14-6-8)12(17)15-10-2-9(13)3-11(4-10)16(18)19/h2-4,7-8,14H,5-6H2,1H3,(H,15,17). The number of hydrogen-bond donors (Lipinski definition) is 2. The van der Waals surface area contributed by atoms with Gasteiger partial charge in [-0.25, -0.2) is 4.39 Å². The van der Waals surface area contributed by atoms with Gasteiger partial charge in [0.15, 0.2) is 0 Å². The second kappa shape index (κ2) is 5.31. The van der Waals surface area contributed by atoms with Crippen molar-refractivity contribution in [2.45, 2.75) is 6.92 Å². The molecule has 1 heterocycles. The Morgan fingerprint density at radius 3 is 2.74 bits per heavy atom. The minimum absolute atomic E-state index is 0.107. The van der Waals surface area contributed by atoms with Crippen LogP contribution in [0.25, 0.3) is 0 Å². The molecule has 0 bridgehead atoms. The maximum Gasteiger partial charge on any atom is 0.274 e. The molecule has 0 aliphatic carbocycles. The Hall–Kier alpha value is -2.02.